The zero-order valence-electron chi connectivity index (χ0n) is 15.7. The van der Waals surface area contributed by atoms with Gasteiger partial charge < -0.3 is 9.15 Å². The number of fused-ring (bicyclic) bond motifs is 1. The lowest BCUT2D eigenvalue weighted by Crippen LogP contribution is -2.06. The number of aryl methyl sites for hydroxylation is 2. The number of rotatable bonds is 4. The zero-order valence-corrected chi connectivity index (χ0v) is 15.7. The van der Waals surface area contributed by atoms with Crippen LogP contribution in [0, 0.1) is 13.8 Å². The van der Waals surface area contributed by atoms with Gasteiger partial charge in [-0.3, -0.25) is 0 Å². The molecule has 0 atom stereocenters. The van der Waals surface area contributed by atoms with Gasteiger partial charge in [0.15, 0.2) is 0 Å². The van der Waals surface area contributed by atoms with E-state index in [4.69, 9.17) is 9.15 Å². The molecular weight excluding hydrogens is 385 g/mol. The lowest BCUT2D eigenvalue weighted by atomic mass is 10.0. The quantitative estimate of drug-likeness (QED) is 0.343. The molecule has 3 rings (SSSR count). The van der Waals surface area contributed by atoms with Gasteiger partial charge in [0.25, 0.3) is 0 Å². The predicted octanol–water partition coefficient (Wildman–Crippen LogP) is 5.19. The maximum Gasteiger partial charge on any atom is 0.416 e. The Kier molecular flexibility index (Phi) is 5.59. The van der Waals surface area contributed by atoms with Crippen LogP contribution < -0.4 is 5.63 Å². The summed E-state index contributed by atoms with van der Waals surface area (Å²) in [4.78, 5) is 23.7. The first kappa shape index (κ1) is 20.4. The largest absolute Gasteiger partial charge is 0.458 e. The third-order valence-electron chi connectivity index (χ3n) is 4.44. The Morgan fingerprint density at radius 3 is 2.55 bits per heavy atom. The summed E-state index contributed by atoms with van der Waals surface area (Å²) in [7, 11) is 0. The number of alkyl halides is 3. The Labute approximate surface area is 164 Å². The van der Waals surface area contributed by atoms with Gasteiger partial charge in [0, 0.05) is 23.1 Å². The summed E-state index contributed by atoms with van der Waals surface area (Å²) in [5.41, 5.74) is 1.68. The molecule has 0 spiro atoms. The minimum Gasteiger partial charge on any atom is -0.458 e. The minimum absolute atomic E-state index is 0.170. The Morgan fingerprint density at radius 2 is 1.83 bits per heavy atom. The normalized spacial score (nSPS) is 11.9. The van der Waals surface area contributed by atoms with Crippen molar-refractivity contribution < 1.29 is 27.1 Å². The van der Waals surface area contributed by atoms with Crippen LogP contribution in [0.2, 0.25) is 0 Å². The van der Waals surface area contributed by atoms with E-state index in [0.29, 0.717) is 16.5 Å². The topological polar surface area (TPSA) is 56.5 Å². The van der Waals surface area contributed by atoms with Crippen LogP contribution >= 0.6 is 0 Å². The van der Waals surface area contributed by atoms with Crippen LogP contribution in [0.3, 0.4) is 0 Å². The second kappa shape index (κ2) is 7.95. The Bertz CT molecular complexity index is 1160. The maximum atomic E-state index is 12.7. The lowest BCUT2D eigenvalue weighted by Gasteiger charge is -2.08. The van der Waals surface area contributed by atoms with Gasteiger partial charge in [0.05, 0.1) is 5.56 Å². The van der Waals surface area contributed by atoms with Crippen molar-refractivity contribution in [1.82, 2.24) is 0 Å². The molecule has 0 saturated carbocycles. The van der Waals surface area contributed by atoms with Crippen molar-refractivity contribution in [2.45, 2.75) is 26.6 Å². The van der Waals surface area contributed by atoms with Gasteiger partial charge in [-0.15, -0.1) is 0 Å². The van der Waals surface area contributed by atoms with Crippen molar-refractivity contribution in [3.05, 3.63) is 86.8 Å². The lowest BCUT2D eigenvalue weighted by molar-refractivity contribution is -0.139. The summed E-state index contributed by atoms with van der Waals surface area (Å²) in [6.07, 6.45) is -2.18. The molecule has 2 aromatic carbocycles. The summed E-state index contributed by atoms with van der Waals surface area (Å²) in [6.45, 7) is 3.63. The molecule has 0 fully saturated rings. The van der Waals surface area contributed by atoms with Crippen molar-refractivity contribution >= 4 is 23.0 Å². The first-order valence-electron chi connectivity index (χ1n) is 8.69. The third-order valence-corrected chi connectivity index (χ3v) is 4.44. The predicted molar refractivity (Wildman–Crippen MR) is 102 cm³/mol. The van der Waals surface area contributed by atoms with E-state index in [9.17, 15) is 22.8 Å². The number of benzene rings is 2. The molecule has 0 radical (unpaired) electrons. The van der Waals surface area contributed by atoms with Crippen LogP contribution in [-0.4, -0.2) is 5.97 Å². The molecule has 0 saturated heterocycles. The van der Waals surface area contributed by atoms with Gasteiger partial charge in [-0.05, 0) is 60.9 Å². The molecule has 7 heteroatoms. The molecule has 0 unspecified atom stereocenters. The van der Waals surface area contributed by atoms with E-state index in [1.54, 1.807) is 6.07 Å². The summed E-state index contributed by atoms with van der Waals surface area (Å²) < 4.78 is 48.6. The van der Waals surface area contributed by atoms with Crippen molar-refractivity contribution in [1.29, 1.82) is 0 Å². The average molecular weight is 402 g/mol. The molecule has 1 aromatic heterocycles. The maximum absolute atomic E-state index is 12.7. The van der Waals surface area contributed by atoms with Crippen molar-refractivity contribution in [2.24, 2.45) is 0 Å². The molecule has 1 heterocycles. The van der Waals surface area contributed by atoms with E-state index >= 15 is 0 Å². The summed E-state index contributed by atoms with van der Waals surface area (Å²) in [6, 6.07) is 9.42. The van der Waals surface area contributed by atoms with Crippen LogP contribution in [0.5, 0.6) is 0 Å². The molecule has 0 aliphatic carbocycles. The molecule has 150 valence electrons. The minimum atomic E-state index is -4.46. The first-order valence-corrected chi connectivity index (χ1v) is 8.69. The number of hydrogen-bond acceptors (Lipinski definition) is 4. The Morgan fingerprint density at radius 1 is 1.10 bits per heavy atom. The average Bonchev–Trinajstić information content (AvgIpc) is 2.65. The van der Waals surface area contributed by atoms with Gasteiger partial charge in [0.2, 0.25) is 0 Å². The van der Waals surface area contributed by atoms with Gasteiger partial charge in [-0.1, -0.05) is 12.1 Å². The highest BCUT2D eigenvalue weighted by atomic mass is 19.4. The van der Waals surface area contributed by atoms with Gasteiger partial charge in [-0.25, -0.2) is 9.59 Å². The number of ether oxygens (including phenoxy) is 1. The highest BCUT2D eigenvalue weighted by Crippen LogP contribution is 2.29. The molecule has 0 bridgehead atoms. The molecular formula is C22H17F3O4. The zero-order chi connectivity index (χ0) is 21.2. The van der Waals surface area contributed by atoms with Gasteiger partial charge >= 0.3 is 17.8 Å². The highest BCUT2D eigenvalue weighted by Gasteiger charge is 2.30. The fourth-order valence-electron chi connectivity index (χ4n) is 2.78. The second-order valence-corrected chi connectivity index (χ2v) is 6.59. The Balaban J connectivity index is 1.75. The Hall–Kier alpha value is -3.35. The van der Waals surface area contributed by atoms with E-state index in [-0.39, 0.29) is 12.2 Å². The van der Waals surface area contributed by atoms with Crippen molar-refractivity contribution in [3.63, 3.8) is 0 Å². The fourth-order valence-corrected chi connectivity index (χ4v) is 2.78. The van der Waals surface area contributed by atoms with E-state index in [1.807, 2.05) is 19.9 Å². The van der Waals surface area contributed by atoms with E-state index in [0.717, 1.165) is 29.3 Å². The molecule has 0 N–H and O–H groups in total. The number of hydrogen-bond donors (Lipinski definition) is 0. The highest BCUT2D eigenvalue weighted by molar-refractivity contribution is 5.87. The number of carbonyl (C=O) groups is 1. The van der Waals surface area contributed by atoms with Crippen LogP contribution in [0.25, 0.3) is 17.0 Å². The number of halogens is 3. The van der Waals surface area contributed by atoms with Gasteiger partial charge in [0.1, 0.15) is 12.2 Å². The smallest absolute Gasteiger partial charge is 0.416 e. The number of esters is 1. The SMILES string of the molecule is Cc1cc2oc(=O)cc(COC(=O)/C=C/c3cccc(C(F)(F)F)c3)c2cc1C. The van der Waals surface area contributed by atoms with Gasteiger partial charge in [-0.2, -0.15) is 13.2 Å². The molecule has 29 heavy (non-hydrogen) atoms. The van der Waals surface area contributed by atoms with Crippen LogP contribution in [0.1, 0.15) is 27.8 Å². The third kappa shape index (κ3) is 4.93. The van der Waals surface area contributed by atoms with Crippen molar-refractivity contribution in [3.8, 4) is 0 Å². The summed E-state index contributed by atoms with van der Waals surface area (Å²) in [5.74, 6) is -0.743. The second-order valence-electron chi connectivity index (χ2n) is 6.59. The van der Waals surface area contributed by atoms with E-state index in [1.165, 1.54) is 24.3 Å². The first-order chi connectivity index (χ1) is 13.6. The van der Waals surface area contributed by atoms with Crippen LogP contribution in [0.4, 0.5) is 13.2 Å². The number of carbonyl (C=O) groups excluding carboxylic acids is 1. The summed E-state index contributed by atoms with van der Waals surface area (Å²) >= 11 is 0. The molecule has 0 aliphatic rings. The molecule has 3 aromatic rings. The van der Waals surface area contributed by atoms with Crippen LogP contribution in [0.15, 0.2) is 57.8 Å². The van der Waals surface area contributed by atoms with E-state index < -0.39 is 23.3 Å². The molecule has 0 aliphatic heterocycles. The molecule has 0 amide bonds. The van der Waals surface area contributed by atoms with Crippen molar-refractivity contribution in [2.75, 3.05) is 0 Å². The van der Waals surface area contributed by atoms with Crippen LogP contribution in [-0.2, 0) is 22.3 Å². The summed E-state index contributed by atoms with van der Waals surface area (Å²) in [5, 5.41) is 0.655. The standard InChI is InChI=1S/C22H17F3O4/c1-13-8-18-16(11-21(27)29-19(18)9-14(13)2)12-28-20(26)7-6-15-4-3-5-17(10-15)22(23,24)25/h3-11H,12H2,1-2H3/b7-6+. The molecule has 4 nitrogen and oxygen atoms in total. The monoisotopic (exact) mass is 402 g/mol. The fraction of sp³-hybridized carbons (Fsp3) is 0.182. The van der Waals surface area contributed by atoms with E-state index in [2.05, 4.69) is 0 Å².